The van der Waals surface area contributed by atoms with E-state index in [1.54, 1.807) is 13.8 Å². The van der Waals surface area contributed by atoms with Crippen LogP contribution in [0.4, 0.5) is 0 Å². The second-order valence-corrected chi connectivity index (χ2v) is 7.78. The Kier molecular flexibility index (Phi) is 4.72. The van der Waals surface area contributed by atoms with Gasteiger partial charge >= 0.3 is 0 Å². The molecule has 0 saturated carbocycles. The number of nitrogens with one attached hydrogen (secondary N) is 2. The van der Waals surface area contributed by atoms with Crippen LogP contribution >= 0.6 is 0 Å². The number of nitrogens with zero attached hydrogens (tertiary/aromatic N) is 1. The number of hydrogen-bond donors (Lipinski definition) is 2. The molecule has 120 valence electrons. The highest BCUT2D eigenvalue weighted by Gasteiger charge is 2.34. The van der Waals surface area contributed by atoms with Crippen LogP contribution in [0.3, 0.4) is 0 Å². The maximum absolute atomic E-state index is 12.4. The Morgan fingerprint density at radius 2 is 1.90 bits per heavy atom. The van der Waals surface area contributed by atoms with Gasteiger partial charge in [-0.2, -0.15) is 0 Å². The van der Waals surface area contributed by atoms with Crippen LogP contribution in [0.15, 0.2) is 9.42 Å². The van der Waals surface area contributed by atoms with Gasteiger partial charge in [-0.05, 0) is 27.7 Å². The molecule has 0 atom stereocenters. The summed E-state index contributed by atoms with van der Waals surface area (Å²) in [5.41, 5.74) is 0.187. The summed E-state index contributed by atoms with van der Waals surface area (Å²) in [7, 11) is -3.60. The first-order valence-corrected chi connectivity index (χ1v) is 8.58. The fourth-order valence-electron chi connectivity index (χ4n) is 2.63. The summed E-state index contributed by atoms with van der Waals surface area (Å²) in [6, 6.07) is 0. The Balaban J connectivity index is 2.07. The summed E-state index contributed by atoms with van der Waals surface area (Å²) in [6.07, 6.45) is 0. The minimum atomic E-state index is -3.60. The van der Waals surface area contributed by atoms with Gasteiger partial charge in [-0.3, -0.25) is 0 Å². The van der Waals surface area contributed by atoms with Gasteiger partial charge in [0.15, 0.2) is 5.76 Å². The Bertz CT molecular complexity index is 569. The molecule has 0 aliphatic carbocycles. The van der Waals surface area contributed by atoms with Crippen molar-refractivity contribution < 1.29 is 22.6 Å². The number of sulfonamides is 1. The van der Waals surface area contributed by atoms with Gasteiger partial charge < -0.3 is 14.2 Å². The van der Waals surface area contributed by atoms with Crippen LogP contribution in [0.25, 0.3) is 0 Å². The molecule has 1 aromatic heterocycles. The first-order chi connectivity index (χ1) is 9.74. The third-order valence-corrected chi connectivity index (χ3v) is 5.64. The first kappa shape index (κ1) is 16.4. The van der Waals surface area contributed by atoms with E-state index in [0.29, 0.717) is 18.0 Å². The Morgan fingerprint density at radius 3 is 2.43 bits per heavy atom. The minimum absolute atomic E-state index is 0.148. The van der Waals surface area contributed by atoms with Gasteiger partial charge in [0.1, 0.15) is 29.2 Å². The molecule has 2 heterocycles. The highest BCUT2D eigenvalue weighted by molar-refractivity contribution is 7.89. The number of aryl methyl sites for hydroxylation is 2. The predicted octanol–water partition coefficient (Wildman–Crippen LogP) is -0.737. The van der Waals surface area contributed by atoms with E-state index >= 15 is 0 Å². The van der Waals surface area contributed by atoms with E-state index in [1.165, 1.54) is 4.90 Å². The lowest BCUT2D eigenvalue weighted by molar-refractivity contribution is -0.954. The molecule has 2 rings (SSSR count). The van der Waals surface area contributed by atoms with Crippen LogP contribution in [0.1, 0.15) is 25.3 Å². The Morgan fingerprint density at radius 1 is 1.29 bits per heavy atom. The lowest BCUT2D eigenvalue weighted by atomic mass is 10.0. The van der Waals surface area contributed by atoms with Crippen molar-refractivity contribution in [3.05, 3.63) is 11.5 Å². The lowest BCUT2D eigenvalue weighted by Gasteiger charge is -2.37. The molecule has 1 aromatic rings. The zero-order chi connectivity index (χ0) is 15.7. The molecule has 0 aromatic carbocycles. The number of ether oxygens (including phenoxy) is 1. The van der Waals surface area contributed by atoms with Gasteiger partial charge in [0.2, 0.25) is 10.0 Å². The fourth-order valence-corrected chi connectivity index (χ4v) is 4.16. The van der Waals surface area contributed by atoms with Crippen molar-refractivity contribution in [2.45, 2.75) is 38.1 Å². The van der Waals surface area contributed by atoms with Crippen molar-refractivity contribution in [1.82, 2.24) is 9.88 Å². The second kappa shape index (κ2) is 6.04. The van der Waals surface area contributed by atoms with Gasteiger partial charge in [0.05, 0.1) is 19.8 Å². The van der Waals surface area contributed by atoms with Crippen LogP contribution in [0, 0.1) is 13.8 Å². The van der Waals surface area contributed by atoms with Crippen LogP contribution in [-0.4, -0.2) is 52.0 Å². The molecule has 1 saturated heterocycles. The largest absolute Gasteiger partial charge is 0.370 e. The molecule has 0 radical (unpaired) electrons. The molecule has 7 nitrogen and oxygen atoms in total. The van der Waals surface area contributed by atoms with E-state index in [4.69, 9.17) is 9.26 Å². The Hall–Kier alpha value is -0.960. The molecule has 0 bridgehead atoms. The predicted molar refractivity (Wildman–Crippen MR) is 76.8 cm³/mol. The molecule has 1 aliphatic rings. The van der Waals surface area contributed by atoms with Crippen molar-refractivity contribution in [3.8, 4) is 0 Å². The topological polar surface area (TPSA) is 85.9 Å². The van der Waals surface area contributed by atoms with Crippen LogP contribution in [0.2, 0.25) is 0 Å². The number of morpholine rings is 1. The van der Waals surface area contributed by atoms with Crippen molar-refractivity contribution >= 4 is 10.0 Å². The summed E-state index contributed by atoms with van der Waals surface area (Å²) in [6.45, 7) is 10.9. The van der Waals surface area contributed by atoms with E-state index in [1.807, 2.05) is 0 Å². The lowest BCUT2D eigenvalue weighted by Crippen LogP contribution is -3.22. The molecule has 1 fully saturated rings. The maximum Gasteiger partial charge on any atom is 0.246 e. The molecule has 8 heteroatoms. The molecule has 1 aliphatic heterocycles. The third kappa shape index (κ3) is 3.63. The fraction of sp³-hybridized carbons (Fsp3) is 0.769. The second-order valence-electron chi connectivity index (χ2n) is 6.08. The van der Waals surface area contributed by atoms with E-state index in [9.17, 15) is 8.42 Å². The van der Waals surface area contributed by atoms with Crippen molar-refractivity contribution in [2.75, 3.05) is 32.8 Å². The van der Waals surface area contributed by atoms with Gasteiger partial charge in [-0.25, -0.2) is 13.1 Å². The van der Waals surface area contributed by atoms with Crippen molar-refractivity contribution in [3.63, 3.8) is 0 Å². The molecule has 21 heavy (non-hydrogen) atoms. The van der Waals surface area contributed by atoms with Crippen LogP contribution in [-0.2, 0) is 14.8 Å². The average Bonchev–Trinajstić information content (AvgIpc) is 2.78. The Labute approximate surface area is 125 Å². The molecule has 2 N–H and O–H groups in total. The number of hydrogen-bond acceptors (Lipinski definition) is 5. The SMILES string of the molecule is Cc1noc(C)c1S(=O)(=O)NCC(C)(C)[NH+]1CCOCC1. The molecule has 0 unspecified atom stereocenters. The molecule has 0 amide bonds. The van der Waals surface area contributed by atoms with Gasteiger partial charge in [-0.1, -0.05) is 5.16 Å². The van der Waals surface area contributed by atoms with Gasteiger partial charge in [0.25, 0.3) is 0 Å². The van der Waals surface area contributed by atoms with Crippen molar-refractivity contribution in [1.29, 1.82) is 0 Å². The van der Waals surface area contributed by atoms with Crippen molar-refractivity contribution in [2.24, 2.45) is 0 Å². The standard InChI is InChI=1S/C13H23N3O4S/c1-10-12(11(2)20-15-10)21(17,18)14-9-13(3,4)16-5-7-19-8-6-16/h14H,5-9H2,1-4H3/p+1. The quantitative estimate of drug-likeness (QED) is 0.747. The summed E-state index contributed by atoms with van der Waals surface area (Å²) in [5.74, 6) is 0.316. The maximum atomic E-state index is 12.4. The molecular weight excluding hydrogens is 294 g/mol. The summed E-state index contributed by atoms with van der Waals surface area (Å²) in [4.78, 5) is 1.49. The summed E-state index contributed by atoms with van der Waals surface area (Å²) in [5, 5.41) is 3.70. The highest BCUT2D eigenvalue weighted by atomic mass is 32.2. The minimum Gasteiger partial charge on any atom is -0.370 e. The zero-order valence-electron chi connectivity index (χ0n) is 13.0. The van der Waals surface area contributed by atoms with E-state index in [-0.39, 0.29) is 10.4 Å². The third-order valence-electron chi connectivity index (χ3n) is 3.99. The number of rotatable bonds is 5. The first-order valence-electron chi connectivity index (χ1n) is 7.09. The molecular formula is C13H24N3O4S+. The number of aromatic nitrogens is 1. The summed E-state index contributed by atoms with van der Waals surface area (Å²) < 4.78 is 37.8. The van der Waals surface area contributed by atoms with Crippen LogP contribution in [0.5, 0.6) is 0 Å². The summed E-state index contributed by atoms with van der Waals surface area (Å²) >= 11 is 0. The zero-order valence-corrected chi connectivity index (χ0v) is 13.8. The number of quaternary nitrogens is 1. The van der Waals surface area contributed by atoms with Crippen LogP contribution < -0.4 is 9.62 Å². The van der Waals surface area contributed by atoms with Gasteiger partial charge in [-0.15, -0.1) is 0 Å². The van der Waals surface area contributed by atoms with E-state index < -0.39 is 10.0 Å². The average molecular weight is 318 g/mol. The normalized spacial score (nSPS) is 18.1. The van der Waals surface area contributed by atoms with E-state index in [2.05, 4.69) is 23.7 Å². The highest BCUT2D eigenvalue weighted by Crippen LogP contribution is 2.18. The van der Waals surface area contributed by atoms with Gasteiger partial charge in [0, 0.05) is 0 Å². The molecule has 0 spiro atoms. The smallest absolute Gasteiger partial charge is 0.246 e. The monoisotopic (exact) mass is 318 g/mol. The van der Waals surface area contributed by atoms with E-state index in [0.717, 1.165) is 26.3 Å².